The number of rotatable bonds is 2. The molecular formula is C10H16O3. The molecule has 4 atom stereocenters. The van der Waals surface area contributed by atoms with Crippen LogP contribution >= 0.6 is 0 Å². The highest BCUT2D eigenvalue weighted by Gasteiger charge is 2.49. The van der Waals surface area contributed by atoms with Gasteiger partial charge < -0.3 is 14.2 Å². The molecule has 2 saturated heterocycles. The molecule has 2 heterocycles. The van der Waals surface area contributed by atoms with Gasteiger partial charge in [-0.25, -0.2) is 0 Å². The van der Waals surface area contributed by atoms with E-state index in [4.69, 9.17) is 14.2 Å². The van der Waals surface area contributed by atoms with Gasteiger partial charge in [-0.15, -0.1) is 0 Å². The number of hydrogen-bond donors (Lipinski definition) is 0. The molecule has 1 saturated carbocycles. The van der Waals surface area contributed by atoms with Crippen LogP contribution in [0.1, 0.15) is 32.1 Å². The maximum Gasteiger partial charge on any atom is 0.157 e. The van der Waals surface area contributed by atoms with Crippen molar-refractivity contribution in [3.8, 4) is 0 Å². The normalized spacial score (nSPS) is 48.9. The lowest BCUT2D eigenvalue weighted by Gasteiger charge is -2.26. The Labute approximate surface area is 78.3 Å². The standard InChI is InChI=1S/C10H16O3/c1-2-4-11-10(3-1)12-7-5-8-9(6-7)13-8/h7-10H,1-6H2/t7?,8-,9+,10?. The van der Waals surface area contributed by atoms with Crippen LogP contribution in [0.2, 0.25) is 0 Å². The van der Waals surface area contributed by atoms with Crippen LogP contribution in [0.4, 0.5) is 0 Å². The summed E-state index contributed by atoms with van der Waals surface area (Å²) in [6.45, 7) is 0.876. The monoisotopic (exact) mass is 184 g/mol. The van der Waals surface area contributed by atoms with E-state index in [2.05, 4.69) is 0 Å². The van der Waals surface area contributed by atoms with E-state index < -0.39 is 0 Å². The number of epoxide rings is 1. The Kier molecular flexibility index (Phi) is 2.04. The fourth-order valence-electron chi connectivity index (χ4n) is 2.35. The summed E-state index contributed by atoms with van der Waals surface area (Å²) < 4.78 is 16.7. The van der Waals surface area contributed by atoms with Crippen LogP contribution in [0.15, 0.2) is 0 Å². The molecule has 3 fully saturated rings. The van der Waals surface area contributed by atoms with Crippen molar-refractivity contribution in [3.05, 3.63) is 0 Å². The molecule has 0 N–H and O–H groups in total. The highest BCUT2D eigenvalue weighted by atomic mass is 16.7. The Bertz CT molecular complexity index is 179. The van der Waals surface area contributed by atoms with Gasteiger partial charge in [0.05, 0.1) is 18.3 Å². The second kappa shape index (κ2) is 3.23. The summed E-state index contributed by atoms with van der Waals surface area (Å²) in [7, 11) is 0. The van der Waals surface area contributed by atoms with E-state index in [1.807, 2.05) is 0 Å². The zero-order valence-electron chi connectivity index (χ0n) is 7.78. The first-order valence-corrected chi connectivity index (χ1v) is 5.34. The summed E-state index contributed by atoms with van der Waals surface area (Å²) in [5, 5.41) is 0. The predicted molar refractivity (Wildman–Crippen MR) is 46.4 cm³/mol. The lowest BCUT2D eigenvalue weighted by Crippen LogP contribution is -2.27. The molecule has 3 aliphatic rings. The Balaban J connectivity index is 1.46. The average Bonchev–Trinajstić information content (AvgIpc) is 2.76. The van der Waals surface area contributed by atoms with Gasteiger partial charge in [0.2, 0.25) is 0 Å². The minimum Gasteiger partial charge on any atom is -0.369 e. The third kappa shape index (κ3) is 1.73. The van der Waals surface area contributed by atoms with Crippen LogP contribution in [0.3, 0.4) is 0 Å². The van der Waals surface area contributed by atoms with Gasteiger partial charge in [0.15, 0.2) is 6.29 Å². The molecule has 13 heavy (non-hydrogen) atoms. The molecule has 0 aromatic heterocycles. The lowest BCUT2D eigenvalue weighted by atomic mass is 10.2. The van der Waals surface area contributed by atoms with Crippen molar-refractivity contribution < 1.29 is 14.2 Å². The van der Waals surface area contributed by atoms with Gasteiger partial charge in [0.25, 0.3) is 0 Å². The zero-order valence-corrected chi connectivity index (χ0v) is 7.78. The van der Waals surface area contributed by atoms with Crippen molar-refractivity contribution in [2.75, 3.05) is 6.61 Å². The minimum atomic E-state index is 0.0799. The summed E-state index contributed by atoms with van der Waals surface area (Å²) >= 11 is 0. The molecule has 0 amide bonds. The minimum absolute atomic E-state index is 0.0799. The molecule has 2 unspecified atom stereocenters. The average molecular weight is 184 g/mol. The number of hydrogen-bond acceptors (Lipinski definition) is 3. The van der Waals surface area contributed by atoms with E-state index in [1.54, 1.807) is 0 Å². The third-order valence-electron chi connectivity index (χ3n) is 3.16. The van der Waals surface area contributed by atoms with Crippen LogP contribution < -0.4 is 0 Å². The van der Waals surface area contributed by atoms with Gasteiger partial charge in [0.1, 0.15) is 0 Å². The second-order valence-corrected chi connectivity index (χ2v) is 4.24. The molecule has 0 bridgehead atoms. The van der Waals surface area contributed by atoms with Crippen LogP contribution in [-0.4, -0.2) is 31.2 Å². The number of ether oxygens (including phenoxy) is 3. The van der Waals surface area contributed by atoms with Gasteiger partial charge >= 0.3 is 0 Å². The Morgan fingerprint density at radius 1 is 1.08 bits per heavy atom. The highest BCUT2D eigenvalue weighted by Crippen LogP contribution is 2.40. The first kappa shape index (κ1) is 8.21. The van der Waals surface area contributed by atoms with E-state index >= 15 is 0 Å². The van der Waals surface area contributed by atoms with Crippen LogP contribution in [-0.2, 0) is 14.2 Å². The van der Waals surface area contributed by atoms with E-state index in [-0.39, 0.29) is 6.29 Å². The van der Waals surface area contributed by atoms with E-state index in [0.717, 1.165) is 25.9 Å². The summed E-state index contributed by atoms with van der Waals surface area (Å²) in [6.07, 6.45) is 7.23. The maximum atomic E-state index is 5.85. The second-order valence-electron chi connectivity index (χ2n) is 4.24. The SMILES string of the molecule is C1CCC(OC2C[C@@H]3O[C@@H]3C2)OC1. The molecule has 2 aliphatic heterocycles. The van der Waals surface area contributed by atoms with Crippen molar-refractivity contribution in [1.82, 2.24) is 0 Å². The summed E-state index contributed by atoms with van der Waals surface area (Å²) in [4.78, 5) is 0. The van der Waals surface area contributed by atoms with Crippen LogP contribution in [0, 0.1) is 0 Å². The fourth-order valence-corrected chi connectivity index (χ4v) is 2.35. The molecule has 3 rings (SSSR count). The Hall–Kier alpha value is -0.120. The highest BCUT2D eigenvalue weighted by molar-refractivity contribution is 4.96. The maximum absolute atomic E-state index is 5.85. The molecule has 1 aliphatic carbocycles. The Morgan fingerprint density at radius 3 is 2.62 bits per heavy atom. The molecule has 0 aromatic rings. The molecule has 0 spiro atoms. The molecule has 3 nitrogen and oxygen atoms in total. The summed E-state index contributed by atoms with van der Waals surface area (Å²) in [6, 6.07) is 0. The number of fused-ring (bicyclic) bond motifs is 1. The van der Waals surface area contributed by atoms with E-state index in [0.29, 0.717) is 18.3 Å². The quantitative estimate of drug-likeness (QED) is 0.609. The topological polar surface area (TPSA) is 31.0 Å². The van der Waals surface area contributed by atoms with Crippen molar-refractivity contribution >= 4 is 0 Å². The summed E-state index contributed by atoms with van der Waals surface area (Å²) in [5.74, 6) is 0. The third-order valence-corrected chi connectivity index (χ3v) is 3.16. The van der Waals surface area contributed by atoms with E-state index in [1.165, 1.54) is 12.8 Å². The molecule has 0 aromatic carbocycles. The lowest BCUT2D eigenvalue weighted by molar-refractivity contribution is -0.190. The van der Waals surface area contributed by atoms with Crippen molar-refractivity contribution in [1.29, 1.82) is 0 Å². The van der Waals surface area contributed by atoms with Gasteiger partial charge in [-0.3, -0.25) is 0 Å². The van der Waals surface area contributed by atoms with Crippen molar-refractivity contribution in [3.63, 3.8) is 0 Å². The van der Waals surface area contributed by atoms with Gasteiger partial charge in [0, 0.05) is 19.4 Å². The van der Waals surface area contributed by atoms with Crippen molar-refractivity contribution in [2.24, 2.45) is 0 Å². The van der Waals surface area contributed by atoms with Crippen LogP contribution in [0.25, 0.3) is 0 Å². The molecular weight excluding hydrogens is 168 g/mol. The van der Waals surface area contributed by atoms with Gasteiger partial charge in [-0.1, -0.05) is 0 Å². The first-order chi connectivity index (χ1) is 6.42. The van der Waals surface area contributed by atoms with Crippen LogP contribution in [0.5, 0.6) is 0 Å². The van der Waals surface area contributed by atoms with Gasteiger partial charge in [-0.2, -0.15) is 0 Å². The first-order valence-electron chi connectivity index (χ1n) is 5.34. The molecule has 3 heteroatoms. The van der Waals surface area contributed by atoms with Gasteiger partial charge in [-0.05, 0) is 19.3 Å². The summed E-state index contributed by atoms with van der Waals surface area (Å²) in [5.41, 5.74) is 0. The van der Waals surface area contributed by atoms with E-state index in [9.17, 15) is 0 Å². The fraction of sp³-hybridized carbons (Fsp3) is 1.00. The predicted octanol–water partition coefficient (Wildman–Crippen LogP) is 1.46. The zero-order chi connectivity index (χ0) is 8.67. The molecule has 74 valence electrons. The molecule has 0 radical (unpaired) electrons. The van der Waals surface area contributed by atoms with Crippen molar-refractivity contribution in [2.45, 2.75) is 56.7 Å². The smallest absolute Gasteiger partial charge is 0.157 e. The largest absolute Gasteiger partial charge is 0.369 e. The Morgan fingerprint density at radius 2 is 1.92 bits per heavy atom.